The van der Waals surface area contributed by atoms with Crippen LogP contribution in [0.4, 0.5) is 0 Å². The van der Waals surface area contributed by atoms with Crippen LogP contribution in [0.15, 0.2) is 223 Å². The Labute approximate surface area is 363 Å². The van der Waals surface area contributed by atoms with Crippen LogP contribution >= 0.6 is 0 Å². The molecule has 3 aromatic heterocycles. The van der Waals surface area contributed by atoms with Gasteiger partial charge < -0.3 is 8.98 Å². The van der Waals surface area contributed by atoms with Crippen LogP contribution in [0.2, 0.25) is 0 Å². The lowest BCUT2D eigenvalue weighted by Crippen LogP contribution is -2.01. The van der Waals surface area contributed by atoms with Crippen molar-refractivity contribution in [1.29, 1.82) is 0 Å². The summed E-state index contributed by atoms with van der Waals surface area (Å²) in [6.07, 6.45) is 0. The first-order valence-electron chi connectivity index (χ1n) is 22.5. The average Bonchev–Trinajstić information content (AvgIpc) is 3.95. The summed E-state index contributed by atoms with van der Waals surface area (Å²) in [5.74, 6) is 1.49. The highest BCUT2D eigenvalue weighted by Gasteiger charge is 2.20. The Bertz CT molecular complexity index is 3850. The SMILES string of the molecule is [2H]c1c([2H])c([2H])c2c(c1[2H])c1cccc(-c3ccccc3-c3ccccc3)c1n2-c1ccc(-c2nc(-c3ccc(-c4ccccc4)cc3)nc(-c3cccc4oc5ccccc5c34)n2)cc1. The molecule has 0 bridgehead atoms. The summed E-state index contributed by atoms with van der Waals surface area (Å²) in [5, 5.41) is 3.09. The van der Waals surface area contributed by atoms with Crippen molar-refractivity contribution in [3.8, 4) is 73.2 Å². The fraction of sp³-hybridized carbons (Fsp3) is 0. The lowest BCUT2D eigenvalue weighted by Gasteiger charge is -2.15. The number of rotatable bonds is 7. The summed E-state index contributed by atoms with van der Waals surface area (Å²) < 4.78 is 44.2. The predicted octanol–water partition coefficient (Wildman–Crippen LogP) is 14.9. The van der Waals surface area contributed by atoms with E-state index < -0.39 is 0 Å². The van der Waals surface area contributed by atoms with Crippen LogP contribution in [0.5, 0.6) is 0 Å². The van der Waals surface area contributed by atoms with Gasteiger partial charge in [0, 0.05) is 49.5 Å². The van der Waals surface area contributed by atoms with Crippen molar-refractivity contribution in [3.05, 3.63) is 218 Å². The fourth-order valence-electron chi connectivity index (χ4n) is 8.75. The molecule has 3 heterocycles. The molecular formula is C57H36N4O. The van der Waals surface area contributed by atoms with Gasteiger partial charge in [-0.1, -0.05) is 176 Å². The predicted molar refractivity (Wildman–Crippen MR) is 254 cm³/mol. The van der Waals surface area contributed by atoms with Gasteiger partial charge in [0.25, 0.3) is 0 Å². The number of benzene rings is 9. The molecule has 0 aliphatic rings. The molecule has 62 heavy (non-hydrogen) atoms. The maximum Gasteiger partial charge on any atom is 0.164 e. The third-order valence-corrected chi connectivity index (χ3v) is 11.6. The van der Waals surface area contributed by atoms with Crippen molar-refractivity contribution in [1.82, 2.24) is 19.5 Å². The maximum atomic E-state index is 9.30. The molecule has 0 saturated carbocycles. The molecule has 0 fully saturated rings. The molecule has 0 aliphatic heterocycles. The maximum absolute atomic E-state index is 9.30. The average molecular weight is 797 g/mol. The number of hydrogen-bond acceptors (Lipinski definition) is 4. The normalized spacial score (nSPS) is 12.5. The van der Waals surface area contributed by atoms with Crippen molar-refractivity contribution in [2.45, 2.75) is 0 Å². The first-order chi connectivity index (χ1) is 32.4. The van der Waals surface area contributed by atoms with Gasteiger partial charge in [0.1, 0.15) is 11.2 Å². The van der Waals surface area contributed by atoms with E-state index >= 15 is 0 Å². The van der Waals surface area contributed by atoms with Gasteiger partial charge in [-0.3, -0.25) is 0 Å². The summed E-state index contributed by atoms with van der Waals surface area (Å²) >= 11 is 0. The zero-order valence-corrected chi connectivity index (χ0v) is 33.2. The molecule has 0 saturated heterocycles. The van der Waals surface area contributed by atoms with Crippen molar-refractivity contribution in [3.63, 3.8) is 0 Å². The second-order valence-electron chi connectivity index (χ2n) is 15.2. The van der Waals surface area contributed by atoms with Gasteiger partial charge in [-0.25, -0.2) is 15.0 Å². The minimum absolute atomic E-state index is 0.0812. The molecule has 0 unspecified atom stereocenters. The van der Waals surface area contributed by atoms with Crippen LogP contribution in [0.1, 0.15) is 5.48 Å². The smallest absolute Gasteiger partial charge is 0.164 e. The Morgan fingerprint density at radius 3 is 1.68 bits per heavy atom. The summed E-state index contributed by atoms with van der Waals surface area (Å²) in [6, 6.07) is 64.0. The second kappa shape index (κ2) is 14.7. The first kappa shape index (κ1) is 31.5. The number of furan rings is 1. The highest BCUT2D eigenvalue weighted by atomic mass is 16.3. The van der Waals surface area contributed by atoms with Crippen LogP contribution in [0.3, 0.4) is 0 Å². The molecule has 0 N–H and O–H groups in total. The van der Waals surface area contributed by atoms with E-state index in [0.29, 0.717) is 34.1 Å². The highest BCUT2D eigenvalue weighted by Crippen LogP contribution is 2.42. The first-order valence-corrected chi connectivity index (χ1v) is 20.5. The van der Waals surface area contributed by atoms with E-state index in [0.717, 1.165) is 82.9 Å². The van der Waals surface area contributed by atoms with Gasteiger partial charge in [0.2, 0.25) is 0 Å². The number of para-hydroxylation sites is 3. The summed E-state index contributed by atoms with van der Waals surface area (Å²) in [5.41, 5.74) is 12.0. The van der Waals surface area contributed by atoms with E-state index in [1.807, 2.05) is 138 Å². The van der Waals surface area contributed by atoms with Crippen molar-refractivity contribution >= 4 is 43.7 Å². The summed E-state index contributed by atoms with van der Waals surface area (Å²) in [4.78, 5) is 15.4. The lowest BCUT2D eigenvalue weighted by atomic mass is 9.93. The zero-order chi connectivity index (χ0) is 44.5. The van der Waals surface area contributed by atoms with Crippen LogP contribution < -0.4 is 0 Å². The number of hydrogen-bond donors (Lipinski definition) is 0. The van der Waals surface area contributed by atoms with Crippen molar-refractivity contribution in [2.75, 3.05) is 0 Å². The topological polar surface area (TPSA) is 56.7 Å². The van der Waals surface area contributed by atoms with E-state index in [1.165, 1.54) is 0 Å². The Kier molecular flexibility index (Phi) is 7.47. The molecule has 0 spiro atoms. The quantitative estimate of drug-likeness (QED) is 0.161. The molecule has 0 radical (unpaired) electrons. The Balaban J connectivity index is 1.06. The Morgan fingerprint density at radius 1 is 0.371 bits per heavy atom. The highest BCUT2D eigenvalue weighted by molar-refractivity contribution is 6.15. The van der Waals surface area contributed by atoms with Gasteiger partial charge in [0.05, 0.1) is 16.5 Å². The number of aromatic nitrogens is 4. The molecule has 12 rings (SSSR count). The summed E-state index contributed by atoms with van der Waals surface area (Å²) in [6.45, 7) is 0. The van der Waals surface area contributed by atoms with Crippen molar-refractivity contribution in [2.24, 2.45) is 0 Å². The molecular weight excluding hydrogens is 757 g/mol. The molecule has 0 aliphatic carbocycles. The Hall–Kier alpha value is -8.41. The van der Waals surface area contributed by atoms with Crippen LogP contribution in [0.25, 0.3) is 117 Å². The van der Waals surface area contributed by atoms with Crippen LogP contribution in [-0.2, 0) is 0 Å². The third-order valence-electron chi connectivity index (χ3n) is 11.6. The second-order valence-corrected chi connectivity index (χ2v) is 15.2. The minimum Gasteiger partial charge on any atom is -0.456 e. The lowest BCUT2D eigenvalue weighted by molar-refractivity contribution is 0.669. The number of fused-ring (bicyclic) bond motifs is 6. The Morgan fingerprint density at radius 2 is 0.903 bits per heavy atom. The summed E-state index contributed by atoms with van der Waals surface area (Å²) in [7, 11) is 0. The fourth-order valence-corrected chi connectivity index (χ4v) is 8.75. The largest absolute Gasteiger partial charge is 0.456 e. The van der Waals surface area contributed by atoms with E-state index in [9.17, 15) is 2.74 Å². The van der Waals surface area contributed by atoms with Gasteiger partial charge >= 0.3 is 0 Å². The van der Waals surface area contributed by atoms with E-state index in [4.69, 9.17) is 22.1 Å². The molecule has 0 atom stereocenters. The molecule has 0 amide bonds. The standard InChI is InChI=1S/C57H36N4O/c1-3-15-37(16-4-1)38-29-31-40(32-30-38)55-58-56(60-57(59-55)49-25-14-28-52-53(49)48-22-10-12-27-51(48)62-52)41-33-35-42(36-34-41)61-50-26-11-9-21-45(50)47-24-13-23-46(54(47)61)44-20-8-7-19-43(44)39-17-5-2-6-18-39/h1-36H/i9D,11D,21D,26D. The molecule has 5 heteroatoms. The van der Waals surface area contributed by atoms with Crippen LogP contribution in [-0.4, -0.2) is 19.5 Å². The van der Waals surface area contributed by atoms with Gasteiger partial charge in [-0.05, 0) is 70.3 Å². The molecule has 290 valence electrons. The van der Waals surface area contributed by atoms with E-state index in [-0.39, 0.29) is 24.2 Å². The zero-order valence-electron chi connectivity index (χ0n) is 37.2. The van der Waals surface area contributed by atoms with Gasteiger partial charge in [0.15, 0.2) is 17.5 Å². The number of nitrogens with zero attached hydrogens (tertiary/aromatic N) is 4. The van der Waals surface area contributed by atoms with Gasteiger partial charge in [-0.15, -0.1) is 0 Å². The van der Waals surface area contributed by atoms with Gasteiger partial charge in [-0.2, -0.15) is 0 Å². The third kappa shape index (κ3) is 5.98. The van der Waals surface area contributed by atoms with E-state index in [2.05, 4.69) is 60.7 Å². The molecule has 9 aromatic carbocycles. The minimum atomic E-state index is -0.290. The van der Waals surface area contributed by atoms with E-state index in [1.54, 1.807) is 0 Å². The van der Waals surface area contributed by atoms with Crippen LogP contribution in [0, 0.1) is 0 Å². The molecule has 5 nitrogen and oxygen atoms in total. The monoisotopic (exact) mass is 796 g/mol. The van der Waals surface area contributed by atoms with Crippen molar-refractivity contribution < 1.29 is 9.90 Å². The molecule has 12 aromatic rings.